The number of urea groups is 2. The summed E-state index contributed by atoms with van der Waals surface area (Å²) in [6.45, 7) is 6.10. The van der Waals surface area contributed by atoms with Crippen molar-refractivity contribution in [1.29, 1.82) is 0 Å². The van der Waals surface area contributed by atoms with Crippen molar-refractivity contribution in [3.05, 3.63) is 29.8 Å². The van der Waals surface area contributed by atoms with Gasteiger partial charge in [-0.2, -0.15) is 0 Å². The van der Waals surface area contributed by atoms with Crippen LogP contribution < -0.4 is 10.6 Å². The molecule has 0 aromatic heterocycles. The number of benzene rings is 1. The normalized spacial score (nSPS) is 25.0. The van der Waals surface area contributed by atoms with Gasteiger partial charge in [-0.3, -0.25) is 9.69 Å². The minimum Gasteiger partial charge on any atom is -0.379 e. The van der Waals surface area contributed by atoms with Gasteiger partial charge in [0.05, 0.1) is 25.9 Å². The molecule has 5 amide bonds. The molecule has 0 spiro atoms. The summed E-state index contributed by atoms with van der Waals surface area (Å²) in [5.74, 6) is -0.317. The molecule has 2 N–H and O–H groups in total. The number of likely N-dealkylation sites (N-methyl/N-ethyl adjacent to an activating group) is 1. The number of rotatable bonds is 5. The van der Waals surface area contributed by atoms with Crippen LogP contribution in [0.25, 0.3) is 0 Å². The molecule has 2 unspecified atom stereocenters. The highest BCUT2D eigenvalue weighted by Crippen LogP contribution is 2.28. The van der Waals surface area contributed by atoms with Gasteiger partial charge in [-0.25, -0.2) is 9.59 Å². The molecule has 28 heavy (non-hydrogen) atoms. The van der Waals surface area contributed by atoms with Gasteiger partial charge in [-0.1, -0.05) is 12.1 Å². The van der Waals surface area contributed by atoms with E-state index in [0.29, 0.717) is 44.2 Å². The van der Waals surface area contributed by atoms with Gasteiger partial charge in [-0.15, -0.1) is 0 Å². The first-order valence-corrected chi connectivity index (χ1v) is 9.31. The SMILES string of the molecule is CCOCC1CN(C(=O)Nc2ccc(C3(C)NC(=O)N(C)C3=O)cc2)CCO1. The van der Waals surface area contributed by atoms with Crippen LogP contribution in [-0.4, -0.2) is 73.8 Å². The molecule has 0 saturated carbocycles. The number of anilines is 1. The first-order chi connectivity index (χ1) is 13.3. The zero-order valence-electron chi connectivity index (χ0n) is 16.4. The second kappa shape index (κ2) is 8.15. The van der Waals surface area contributed by atoms with E-state index in [2.05, 4.69) is 10.6 Å². The monoisotopic (exact) mass is 390 g/mol. The standard InChI is InChI=1S/C19H26N4O5/c1-4-27-12-15-11-23(9-10-28-15)17(25)20-14-7-5-13(6-8-14)19(2)16(24)22(3)18(26)21-19/h5-8,15H,4,9-12H2,1-3H3,(H,20,25)(H,21,26). The number of hydrogen-bond donors (Lipinski definition) is 2. The zero-order valence-corrected chi connectivity index (χ0v) is 16.4. The van der Waals surface area contributed by atoms with Gasteiger partial charge in [0.1, 0.15) is 5.54 Å². The fraction of sp³-hybridized carbons (Fsp3) is 0.526. The molecule has 2 fully saturated rings. The number of amides is 5. The fourth-order valence-electron chi connectivity index (χ4n) is 3.32. The minimum atomic E-state index is -1.11. The first-order valence-electron chi connectivity index (χ1n) is 9.31. The molecule has 0 radical (unpaired) electrons. The maximum Gasteiger partial charge on any atom is 0.325 e. The van der Waals surface area contributed by atoms with Crippen LogP contribution in [0.5, 0.6) is 0 Å². The number of ether oxygens (including phenoxy) is 2. The van der Waals surface area contributed by atoms with E-state index in [-0.39, 0.29) is 18.0 Å². The Morgan fingerprint density at radius 1 is 1.36 bits per heavy atom. The van der Waals surface area contributed by atoms with Gasteiger partial charge >= 0.3 is 12.1 Å². The van der Waals surface area contributed by atoms with Crippen LogP contribution in [0.3, 0.4) is 0 Å². The molecule has 9 nitrogen and oxygen atoms in total. The molecule has 2 heterocycles. The number of carbonyl (C=O) groups is 3. The fourth-order valence-corrected chi connectivity index (χ4v) is 3.32. The van der Waals surface area contributed by atoms with Gasteiger partial charge in [0.25, 0.3) is 5.91 Å². The number of nitrogens with one attached hydrogen (secondary N) is 2. The van der Waals surface area contributed by atoms with E-state index in [9.17, 15) is 14.4 Å². The highest BCUT2D eigenvalue weighted by atomic mass is 16.5. The summed E-state index contributed by atoms with van der Waals surface area (Å²) in [7, 11) is 1.44. The second-order valence-electron chi connectivity index (χ2n) is 7.03. The summed E-state index contributed by atoms with van der Waals surface area (Å²) in [6.07, 6.45) is -0.129. The molecule has 2 atom stereocenters. The maximum absolute atomic E-state index is 12.5. The summed E-state index contributed by atoms with van der Waals surface area (Å²) in [6, 6.07) is 6.24. The maximum atomic E-state index is 12.5. The lowest BCUT2D eigenvalue weighted by Crippen LogP contribution is -2.48. The van der Waals surface area contributed by atoms with E-state index >= 15 is 0 Å². The molecule has 2 aliphatic heterocycles. The van der Waals surface area contributed by atoms with E-state index in [1.54, 1.807) is 36.1 Å². The molecule has 2 aliphatic rings. The van der Waals surface area contributed by atoms with Crippen LogP contribution in [0, 0.1) is 0 Å². The Morgan fingerprint density at radius 2 is 2.07 bits per heavy atom. The Labute approximate surface area is 163 Å². The quantitative estimate of drug-likeness (QED) is 0.740. The first kappa shape index (κ1) is 20.1. The van der Waals surface area contributed by atoms with Crippen LogP contribution in [-0.2, 0) is 19.8 Å². The van der Waals surface area contributed by atoms with Crippen molar-refractivity contribution in [3.8, 4) is 0 Å². The largest absolute Gasteiger partial charge is 0.379 e. The van der Waals surface area contributed by atoms with Gasteiger partial charge in [0, 0.05) is 25.9 Å². The van der Waals surface area contributed by atoms with Crippen molar-refractivity contribution < 1.29 is 23.9 Å². The number of carbonyl (C=O) groups excluding carboxylic acids is 3. The smallest absolute Gasteiger partial charge is 0.325 e. The summed E-state index contributed by atoms with van der Waals surface area (Å²) in [5, 5.41) is 5.55. The lowest BCUT2D eigenvalue weighted by molar-refractivity contribution is -0.130. The Morgan fingerprint density at radius 3 is 2.68 bits per heavy atom. The molecule has 2 saturated heterocycles. The number of nitrogens with zero attached hydrogens (tertiary/aromatic N) is 2. The Balaban J connectivity index is 1.62. The molecular formula is C19H26N4O5. The van der Waals surface area contributed by atoms with Crippen molar-refractivity contribution in [2.75, 3.05) is 45.3 Å². The molecule has 0 bridgehead atoms. The number of hydrogen-bond acceptors (Lipinski definition) is 5. The van der Waals surface area contributed by atoms with Gasteiger partial charge < -0.3 is 25.0 Å². The van der Waals surface area contributed by atoms with Crippen molar-refractivity contribution in [2.45, 2.75) is 25.5 Å². The molecule has 3 rings (SSSR count). The van der Waals surface area contributed by atoms with Gasteiger partial charge in [-0.05, 0) is 31.5 Å². The molecule has 9 heteroatoms. The molecule has 152 valence electrons. The van der Waals surface area contributed by atoms with Crippen LogP contribution >= 0.6 is 0 Å². The van der Waals surface area contributed by atoms with Crippen LogP contribution in [0.2, 0.25) is 0 Å². The van der Waals surface area contributed by atoms with E-state index < -0.39 is 11.6 Å². The highest BCUT2D eigenvalue weighted by Gasteiger charge is 2.47. The van der Waals surface area contributed by atoms with Crippen LogP contribution in [0.15, 0.2) is 24.3 Å². The number of morpholine rings is 1. The van der Waals surface area contributed by atoms with E-state index in [1.165, 1.54) is 7.05 Å². The second-order valence-corrected chi connectivity index (χ2v) is 7.03. The third-order valence-electron chi connectivity index (χ3n) is 5.04. The van der Waals surface area contributed by atoms with Gasteiger partial charge in [0.15, 0.2) is 0 Å². The molecule has 1 aromatic carbocycles. The summed E-state index contributed by atoms with van der Waals surface area (Å²) < 4.78 is 11.0. The Bertz CT molecular complexity index is 753. The van der Waals surface area contributed by atoms with Gasteiger partial charge in [0.2, 0.25) is 0 Å². The molecular weight excluding hydrogens is 364 g/mol. The predicted octanol–water partition coefficient (Wildman–Crippen LogP) is 1.35. The van der Waals surface area contributed by atoms with Crippen LogP contribution in [0.1, 0.15) is 19.4 Å². The van der Waals surface area contributed by atoms with E-state index in [0.717, 1.165) is 4.90 Å². The predicted molar refractivity (Wildman–Crippen MR) is 102 cm³/mol. The van der Waals surface area contributed by atoms with Crippen LogP contribution in [0.4, 0.5) is 15.3 Å². The van der Waals surface area contributed by atoms with E-state index in [1.807, 2.05) is 6.92 Å². The van der Waals surface area contributed by atoms with Crippen molar-refractivity contribution in [1.82, 2.24) is 15.1 Å². The number of imide groups is 1. The van der Waals surface area contributed by atoms with Crippen molar-refractivity contribution in [3.63, 3.8) is 0 Å². The highest BCUT2D eigenvalue weighted by molar-refractivity contribution is 6.07. The lowest BCUT2D eigenvalue weighted by Gasteiger charge is -2.32. The topological polar surface area (TPSA) is 100 Å². The Kier molecular flexibility index (Phi) is 5.85. The molecule has 0 aliphatic carbocycles. The van der Waals surface area contributed by atoms with Crippen molar-refractivity contribution >= 4 is 23.7 Å². The van der Waals surface area contributed by atoms with E-state index in [4.69, 9.17) is 9.47 Å². The lowest BCUT2D eigenvalue weighted by atomic mass is 9.92. The molecule has 1 aromatic rings. The third kappa shape index (κ3) is 3.95. The minimum absolute atomic E-state index is 0.129. The average molecular weight is 390 g/mol. The van der Waals surface area contributed by atoms with Crippen molar-refractivity contribution in [2.24, 2.45) is 0 Å². The zero-order chi connectivity index (χ0) is 20.3. The summed E-state index contributed by atoms with van der Waals surface area (Å²) >= 11 is 0. The summed E-state index contributed by atoms with van der Waals surface area (Å²) in [5.41, 5.74) is 0.150. The average Bonchev–Trinajstić information content (AvgIpc) is 2.90. The Hall–Kier alpha value is -2.65. The summed E-state index contributed by atoms with van der Waals surface area (Å²) in [4.78, 5) is 39.4. The third-order valence-corrected chi connectivity index (χ3v) is 5.04.